The van der Waals surface area contributed by atoms with Gasteiger partial charge in [0.2, 0.25) is 0 Å². The molecule has 0 aliphatic heterocycles. The number of hydrogen-bond acceptors (Lipinski definition) is 2. The van der Waals surface area contributed by atoms with Crippen molar-refractivity contribution in [1.82, 2.24) is 0 Å². The first-order valence-corrected chi connectivity index (χ1v) is 5.05. The highest BCUT2D eigenvalue weighted by Gasteiger charge is 2.27. The third-order valence-electron chi connectivity index (χ3n) is 3.06. The predicted octanol–water partition coefficient (Wildman–Crippen LogP) is 1.74. The number of fused-ring (bicyclic) bond motifs is 2. The van der Waals surface area contributed by atoms with Crippen molar-refractivity contribution in [2.24, 2.45) is 11.8 Å². The van der Waals surface area contributed by atoms with Crippen molar-refractivity contribution in [2.45, 2.75) is 38.5 Å². The summed E-state index contributed by atoms with van der Waals surface area (Å²) in [6.45, 7) is 0. The van der Waals surface area contributed by atoms with E-state index in [2.05, 4.69) is 0 Å². The maximum Gasteiger partial charge on any atom is 0.414 e. The zero-order valence-electron chi connectivity index (χ0n) is 8.11. The molecule has 0 saturated heterocycles. The maximum atomic E-state index is 9.10. The van der Waals surface area contributed by atoms with Crippen molar-refractivity contribution < 1.29 is 19.8 Å². The van der Waals surface area contributed by atoms with E-state index in [1.807, 2.05) is 0 Å². The van der Waals surface area contributed by atoms with Gasteiger partial charge in [-0.2, -0.15) is 0 Å². The average molecular weight is 200 g/mol. The van der Waals surface area contributed by atoms with E-state index < -0.39 is 11.9 Å². The number of carbonyl (C=O) groups is 2. The molecule has 2 rings (SSSR count). The summed E-state index contributed by atoms with van der Waals surface area (Å²) >= 11 is 0. The van der Waals surface area contributed by atoms with E-state index >= 15 is 0 Å². The van der Waals surface area contributed by atoms with E-state index in [9.17, 15) is 0 Å². The number of carboxylic acid groups (broad SMARTS) is 2. The summed E-state index contributed by atoms with van der Waals surface area (Å²) in [4.78, 5) is 18.2. The lowest BCUT2D eigenvalue weighted by Crippen LogP contribution is -2.09. The first-order valence-electron chi connectivity index (χ1n) is 5.05. The lowest BCUT2D eigenvalue weighted by Gasteiger charge is -2.16. The fourth-order valence-electron chi connectivity index (χ4n) is 2.40. The van der Waals surface area contributed by atoms with Crippen molar-refractivity contribution in [2.75, 3.05) is 0 Å². The first kappa shape index (κ1) is 11.0. The van der Waals surface area contributed by atoms with Gasteiger partial charge in [0, 0.05) is 0 Å². The normalized spacial score (nSPS) is 28.9. The summed E-state index contributed by atoms with van der Waals surface area (Å²) in [5.41, 5.74) is 0. The van der Waals surface area contributed by atoms with Crippen LogP contribution >= 0.6 is 0 Å². The molecule has 14 heavy (non-hydrogen) atoms. The van der Waals surface area contributed by atoms with Crippen LogP contribution in [0.2, 0.25) is 0 Å². The Labute approximate surface area is 82.9 Å². The van der Waals surface area contributed by atoms with Crippen molar-refractivity contribution in [3.8, 4) is 0 Å². The van der Waals surface area contributed by atoms with Gasteiger partial charge in [-0.3, -0.25) is 0 Å². The summed E-state index contributed by atoms with van der Waals surface area (Å²) < 4.78 is 0. The van der Waals surface area contributed by atoms with Gasteiger partial charge in [0.05, 0.1) is 0 Å². The molecule has 2 N–H and O–H groups in total. The highest BCUT2D eigenvalue weighted by Crippen LogP contribution is 2.41. The van der Waals surface area contributed by atoms with E-state index in [0.717, 1.165) is 11.8 Å². The molecule has 0 heterocycles. The number of aliphatic carboxylic acids is 2. The molecule has 0 spiro atoms. The highest BCUT2D eigenvalue weighted by atomic mass is 16.4. The van der Waals surface area contributed by atoms with Gasteiger partial charge in [0.15, 0.2) is 0 Å². The fraction of sp³-hybridized carbons (Fsp3) is 0.800. The second-order valence-electron chi connectivity index (χ2n) is 4.09. The minimum atomic E-state index is -1.82. The summed E-state index contributed by atoms with van der Waals surface area (Å²) in [7, 11) is 0. The Bertz CT molecular complexity index is 198. The van der Waals surface area contributed by atoms with Crippen LogP contribution in [-0.4, -0.2) is 22.2 Å². The summed E-state index contributed by atoms with van der Waals surface area (Å²) in [5.74, 6) is -1.33. The van der Waals surface area contributed by atoms with Crippen LogP contribution in [0.25, 0.3) is 0 Å². The Hall–Kier alpha value is -1.06. The van der Waals surface area contributed by atoms with Crippen LogP contribution in [0.1, 0.15) is 38.5 Å². The predicted molar refractivity (Wildman–Crippen MR) is 50.0 cm³/mol. The van der Waals surface area contributed by atoms with Gasteiger partial charge >= 0.3 is 11.9 Å². The molecule has 2 atom stereocenters. The Morgan fingerprint density at radius 3 is 1.57 bits per heavy atom. The average Bonchev–Trinajstić information content (AvgIpc) is 2.46. The molecule has 2 bridgehead atoms. The summed E-state index contributed by atoms with van der Waals surface area (Å²) in [5, 5.41) is 14.8. The second-order valence-corrected chi connectivity index (χ2v) is 4.09. The summed E-state index contributed by atoms with van der Waals surface area (Å²) in [6.07, 6.45) is 9.34. The molecule has 0 aromatic carbocycles. The minimum Gasteiger partial charge on any atom is -0.473 e. The molecule has 0 amide bonds. The van der Waals surface area contributed by atoms with Gasteiger partial charge in [-0.1, -0.05) is 32.1 Å². The van der Waals surface area contributed by atoms with E-state index in [1.165, 1.54) is 6.42 Å². The van der Waals surface area contributed by atoms with Crippen LogP contribution in [0.15, 0.2) is 0 Å². The Morgan fingerprint density at radius 2 is 1.29 bits per heavy atom. The molecule has 2 aliphatic carbocycles. The number of carboxylic acids is 2. The van der Waals surface area contributed by atoms with Crippen LogP contribution in [0, 0.1) is 11.8 Å². The van der Waals surface area contributed by atoms with Crippen LogP contribution in [0.4, 0.5) is 0 Å². The smallest absolute Gasteiger partial charge is 0.414 e. The molecular weight excluding hydrogens is 184 g/mol. The van der Waals surface area contributed by atoms with Crippen molar-refractivity contribution >= 4 is 11.9 Å². The highest BCUT2D eigenvalue weighted by molar-refractivity contribution is 6.27. The fourth-order valence-corrected chi connectivity index (χ4v) is 2.40. The molecule has 4 heteroatoms. The molecule has 0 aromatic heterocycles. The molecule has 0 radical (unpaired) electrons. The second kappa shape index (κ2) is 4.98. The van der Waals surface area contributed by atoms with Crippen LogP contribution < -0.4 is 0 Å². The topological polar surface area (TPSA) is 74.6 Å². The lowest BCUT2D eigenvalue weighted by atomic mass is 9.89. The lowest BCUT2D eigenvalue weighted by molar-refractivity contribution is -0.159. The molecule has 2 unspecified atom stereocenters. The molecular formula is C10H16O4. The van der Waals surface area contributed by atoms with Gasteiger partial charge in [0.1, 0.15) is 0 Å². The van der Waals surface area contributed by atoms with Crippen LogP contribution in [-0.2, 0) is 9.59 Å². The Balaban J connectivity index is 0.000000149. The zero-order valence-corrected chi connectivity index (χ0v) is 8.11. The number of hydrogen-bond donors (Lipinski definition) is 2. The quantitative estimate of drug-likeness (QED) is 0.584. The van der Waals surface area contributed by atoms with Crippen LogP contribution in [0.5, 0.6) is 0 Å². The van der Waals surface area contributed by atoms with E-state index in [1.54, 1.807) is 32.1 Å². The van der Waals surface area contributed by atoms with Gasteiger partial charge in [0.25, 0.3) is 0 Å². The van der Waals surface area contributed by atoms with Crippen LogP contribution in [0.3, 0.4) is 0 Å². The van der Waals surface area contributed by atoms with Gasteiger partial charge in [-0.15, -0.1) is 0 Å². The zero-order chi connectivity index (χ0) is 10.6. The molecule has 2 fully saturated rings. The van der Waals surface area contributed by atoms with E-state index in [0.29, 0.717) is 0 Å². The molecule has 2 aliphatic rings. The van der Waals surface area contributed by atoms with E-state index in [4.69, 9.17) is 19.8 Å². The molecule has 0 aromatic rings. The van der Waals surface area contributed by atoms with Gasteiger partial charge in [-0.05, 0) is 18.3 Å². The summed E-state index contributed by atoms with van der Waals surface area (Å²) in [6, 6.07) is 0. The third-order valence-corrected chi connectivity index (χ3v) is 3.06. The largest absolute Gasteiger partial charge is 0.473 e. The van der Waals surface area contributed by atoms with Crippen molar-refractivity contribution in [1.29, 1.82) is 0 Å². The first-order chi connectivity index (χ1) is 6.59. The molecule has 80 valence electrons. The SMILES string of the molecule is C1CC2CCC(C1)C2.O=C(O)C(=O)O. The Morgan fingerprint density at radius 1 is 0.857 bits per heavy atom. The standard InChI is InChI=1S/C8H14.C2H2O4/c1-2-7-4-5-8(3-1)6-7;3-1(4)2(5)6/h7-8H,1-6H2;(H,3,4)(H,5,6). The van der Waals surface area contributed by atoms with Crippen molar-refractivity contribution in [3.63, 3.8) is 0 Å². The third kappa shape index (κ3) is 3.36. The van der Waals surface area contributed by atoms with Crippen molar-refractivity contribution in [3.05, 3.63) is 0 Å². The number of rotatable bonds is 0. The van der Waals surface area contributed by atoms with E-state index in [-0.39, 0.29) is 0 Å². The monoisotopic (exact) mass is 200 g/mol. The Kier molecular flexibility index (Phi) is 3.92. The molecule has 2 saturated carbocycles. The molecule has 4 nitrogen and oxygen atoms in total. The minimum absolute atomic E-state index is 1.16. The van der Waals surface area contributed by atoms with Gasteiger partial charge in [-0.25, -0.2) is 9.59 Å². The maximum absolute atomic E-state index is 9.10. The van der Waals surface area contributed by atoms with Gasteiger partial charge < -0.3 is 10.2 Å².